The Hall–Kier alpha value is -1.24. The summed E-state index contributed by atoms with van der Waals surface area (Å²) in [4.78, 5) is 11.0. The van der Waals surface area contributed by atoms with Gasteiger partial charge in [-0.15, -0.1) is 0 Å². The molecular weight excluding hydrogens is 320 g/mol. The van der Waals surface area contributed by atoms with Crippen molar-refractivity contribution >= 4 is 16.0 Å². The number of hydrogen-bond donors (Lipinski definition) is 6. The molecular formula is C11H20N2O8S. The van der Waals surface area contributed by atoms with Gasteiger partial charge >= 0.3 is 5.97 Å². The number of nitrogens with one attached hydrogen (secondary N) is 1. The average Bonchev–Trinajstić information content (AvgIpc) is 2.47. The van der Waals surface area contributed by atoms with Gasteiger partial charge in [0, 0.05) is 6.04 Å². The minimum absolute atomic E-state index is 0.267. The van der Waals surface area contributed by atoms with Crippen molar-refractivity contribution in [2.24, 2.45) is 5.73 Å². The van der Waals surface area contributed by atoms with Gasteiger partial charge in [-0.2, -0.15) is 0 Å². The molecule has 0 saturated carbocycles. The smallest absolute Gasteiger partial charge is 0.370 e. The summed E-state index contributed by atoms with van der Waals surface area (Å²) in [6, 6.07) is -2.31. The number of hydrogen-bond acceptors (Lipinski definition) is 8. The number of ether oxygens (including phenoxy) is 1. The van der Waals surface area contributed by atoms with E-state index in [0.717, 1.165) is 6.08 Å². The summed E-state index contributed by atoms with van der Waals surface area (Å²) in [5, 5.41) is 37.3. The Morgan fingerprint density at radius 2 is 2.09 bits per heavy atom. The first-order chi connectivity index (χ1) is 10.1. The number of carboxylic acids is 1. The van der Waals surface area contributed by atoms with Gasteiger partial charge in [-0.1, -0.05) is 0 Å². The van der Waals surface area contributed by atoms with Crippen LogP contribution in [0.15, 0.2) is 11.8 Å². The maximum absolute atomic E-state index is 11.7. The second-order valence-electron chi connectivity index (χ2n) is 4.78. The summed E-state index contributed by atoms with van der Waals surface area (Å²) < 4.78 is 30.6. The largest absolute Gasteiger partial charge is 0.479 e. The maximum Gasteiger partial charge on any atom is 0.370 e. The fraction of sp³-hybridized carbons (Fsp3) is 0.727. The van der Waals surface area contributed by atoms with Gasteiger partial charge in [0.25, 0.3) is 0 Å². The minimum Gasteiger partial charge on any atom is -0.479 e. The van der Waals surface area contributed by atoms with Crippen molar-refractivity contribution in [1.29, 1.82) is 0 Å². The zero-order valence-corrected chi connectivity index (χ0v) is 12.6. The first-order valence-corrected chi connectivity index (χ1v) is 8.12. The summed E-state index contributed by atoms with van der Waals surface area (Å²) in [7, 11) is -3.73. The van der Waals surface area contributed by atoms with Crippen molar-refractivity contribution in [3.05, 3.63) is 11.8 Å². The number of aliphatic carboxylic acids is 1. The second kappa shape index (κ2) is 7.35. The van der Waals surface area contributed by atoms with E-state index in [9.17, 15) is 23.4 Å². The van der Waals surface area contributed by atoms with Crippen LogP contribution in [0.25, 0.3) is 0 Å². The molecule has 22 heavy (non-hydrogen) atoms. The highest BCUT2D eigenvalue weighted by Crippen LogP contribution is 2.22. The summed E-state index contributed by atoms with van der Waals surface area (Å²) in [6.45, 7) is 0.555. The maximum atomic E-state index is 11.7. The SMILES string of the molecule is CCS(=O)(=O)N[C@H]1[C@H]([C@H](O)[C@H](O)CO)OC(C(=O)O)=C[C@@H]1N. The summed E-state index contributed by atoms with van der Waals surface area (Å²) in [5.41, 5.74) is 5.74. The standard InChI is InChI=1S/C11H20N2O8S/c1-2-22(19,20)13-8-5(12)3-7(11(17)18)21-10(8)9(16)6(15)4-14/h3,5-6,8-10,13-16H,2,4,12H2,1H3,(H,17,18)/t5-,6+,8+,9+,10+/m0/s1. The molecule has 0 unspecified atom stereocenters. The van der Waals surface area contributed by atoms with E-state index in [1.54, 1.807) is 0 Å². The van der Waals surface area contributed by atoms with Gasteiger partial charge in [0.2, 0.25) is 15.8 Å². The predicted molar refractivity (Wildman–Crippen MR) is 74.1 cm³/mol. The van der Waals surface area contributed by atoms with E-state index >= 15 is 0 Å². The molecule has 128 valence electrons. The molecule has 0 saturated heterocycles. The first kappa shape index (κ1) is 18.8. The van der Waals surface area contributed by atoms with Crippen LogP contribution in [0, 0.1) is 0 Å². The van der Waals surface area contributed by atoms with E-state index in [-0.39, 0.29) is 5.75 Å². The zero-order chi connectivity index (χ0) is 17.1. The quantitative estimate of drug-likeness (QED) is 0.277. The van der Waals surface area contributed by atoms with Crippen LogP contribution in [0.1, 0.15) is 6.92 Å². The van der Waals surface area contributed by atoms with Gasteiger partial charge in [-0.25, -0.2) is 17.9 Å². The van der Waals surface area contributed by atoms with Crippen LogP contribution in [0.4, 0.5) is 0 Å². The highest BCUT2D eigenvalue weighted by molar-refractivity contribution is 7.89. The molecule has 0 fully saturated rings. The molecule has 0 aromatic carbocycles. The third-order valence-corrected chi connectivity index (χ3v) is 4.59. The van der Waals surface area contributed by atoms with Crippen LogP contribution >= 0.6 is 0 Å². The Balaban J connectivity index is 3.14. The van der Waals surface area contributed by atoms with Gasteiger partial charge in [0.15, 0.2) is 0 Å². The van der Waals surface area contributed by atoms with Gasteiger partial charge < -0.3 is 30.9 Å². The average molecular weight is 340 g/mol. The number of carboxylic acid groups (broad SMARTS) is 1. The lowest BCUT2D eigenvalue weighted by Crippen LogP contribution is -2.62. The zero-order valence-electron chi connectivity index (χ0n) is 11.8. The van der Waals surface area contributed by atoms with Crippen LogP contribution in [0.5, 0.6) is 0 Å². The Morgan fingerprint density at radius 1 is 1.50 bits per heavy atom. The Kier molecular flexibility index (Phi) is 6.28. The molecule has 0 spiro atoms. The van der Waals surface area contributed by atoms with E-state index in [1.807, 2.05) is 0 Å². The van der Waals surface area contributed by atoms with E-state index in [0.29, 0.717) is 0 Å². The fourth-order valence-electron chi connectivity index (χ4n) is 1.92. The molecule has 0 aliphatic carbocycles. The fourth-order valence-corrected chi connectivity index (χ4v) is 2.80. The lowest BCUT2D eigenvalue weighted by atomic mass is 9.93. The monoisotopic (exact) mass is 340 g/mol. The third kappa shape index (κ3) is 4.38. The predicted octanol–water partition coefficient (Wildman–Crippen LogP) is -3.30. The number of nitrogens with two attached hydrogens (primary N) is 1. The van der Waals surface area contributed by atoms with Crippen LogP contribution in [0.3, 0.4) is 0 Å². The van der Waals surface area contributed by atoms with Crippen molar-refractivity contribution in [3.63, 3.8) is 0 Å². The number of rotatable bonds is 7. The van der Waals surface area contributed by atoms with E-state index in [1.165, 1.54) is 6.92 Å². The van der Waals surface area contributed by atoms with Crippen molar-refractivity contribution in [2.75, 3.05) is 12.4 Å². The number of aliphatic hydroxyl groups is 3. The number of aliphatic hydroxyl groups excluding tert-OH is 3. The van der Waals surface area contributed by atoms with E-state index in [2.05, 4.69) is 4.72 Å². The molecule has 1 aliphatic rings. The summed E-state index contributed by atoms with van der Waals surface area (Å²) >= 11 is 0. The molecule has 11 heteroatoms. The summed E-state index contributed by atoms with van der Waals surface area (Å²) in [5.74, 6) is -2.30. The van der Waals surface area contributed by atoms with Crippen LogP contribution in [-0.4, -0.2) is 77.6 Å². The molecule has 1 rings (SSSR count). The van der Waals surface area contributed by atoms with Crippen molar-refractivity contribution in [1.82, 2.24) is 4.72 Å². The summed E-state index contributed by atoms with van der Waals surface area (Å²) in [6.07, 6.45) is -3.88. The Labute approximate surface area is 127 Å². The molecule has 0 radical (unpaired) electrons. The third-order valence-electron chi connectivity index (χ3n) is 3.20. The lowest BCUT2D eigenvalue weighted by Gasteiger charge is -2.38. The van der Waals surface area contributed by atoms with E-state index in [4.69, 9.17) is 20.7 Å². The Bertz CT molecular complexity index is 534. The molecule has 0 aromatic rings. The van der Waals surface area contributed by atoms with Crippen molar-refractivity contribution in [2.45, 2.75) is 37.3 Å². The molecule has 7 N–H and O–H groups in total. The molecule has 0 amide bonds. The molecule has 1 aliphatic heterocycles. The van der Waals surface area contributed by atoms with E-state index < -0.39 is 58.8 Å². The van der Waals surface area contributed by atoms with Gasteiger partial charge in [0.05, 0.1) is 18.4 Å². The van der Waals surface area contributed by atoms with Crippen LogP contribution in [-0.2, 0) is 19.6 Å². The minimum atomic E-state index is -3.73. The number of sulfonamides is 1. The molecule has 0 bridgehead atoms. The number of carbonyl (C=O) groups is 1. The highest BCUT2D eigenvalue weighted by Gasteiger charge is 2.43. The first-order valence-electron chi connectivity index (χ1n) is 6.47. The highest BCUT2D eigenvalue weighted by atomic mass is 32.2. The van der Waals surface area contributed by atoms with Gasteiger partial charge in [-0.3, -0.25) is 0 Å². The molecule has 10 nitrogen and oxygen atoms in total. The lowest BCUT2D eigenvalue weighted by molar-refractivity contribution is -0.144. The van der Waals surface area contributed by atoms with Crippen LogP contribution < -0.4 is 10.5 Å². The molecule has 5 atom stereocenters. The van der Waals surface area contributed by atoms with Crippen molar-refractivity contribution in [3.8, 4) is 0 Å². The normalized spacial score (nSPS) is 28.4. The van der Waals surface area contributed by atoms with Crippen molar-refractivity contribution < 1.29 is 38.4 Å². The molecule has 1 heterocycles. The van der Waals surface area contributed by atoms with Gasteiger partial charge in [0.1, 0.15) is 18.3 Å². The Morgan fingerprint density at radius 3 is 2.55 bits per heavy atom. The van der Waals surface area contributed by atoms with Crippen LogP contribution in [0.2, 0.25) is 0 Å². The van der Waals surface area contributed by atoms with Gasteiger partial charge in [-0.05, 0) is 13.0 Å². The second-order valence-corrected chi connectivity index (χ2v) is 6.83. The topological polar surface area (TPSA) is 179 Å². The molecule has 0 aromatic heterocycles.